The van der Waals surface area contributed by atoms with E-state index in [-0.39, 0.29) is 17.2 Å². The van der Waals surface area contributed by atoms with Crippen molar-refractivity contribution in [2.75, 3.05) is 26.5 Å². The molecule has 7 nitrogen and oxygen atoms in total. The number of methoxy groups -OCH3 is 2. The van der Waals surface area contributed by atoms with Crippen LogP contribution in [0.4, 0.5) is 0 Å². The number of carbonyl (C=O) groups excluding carboxylic acids is 2. The van der Waals surface area contributed by atoms with Gasteiger partial charge in [-0.05, 0) is 13.0 Å². The summed E-state index contributed by atoms with van der Waals surface area (Å²) in [7, 11) is 3.06. The Morgan fingerprint density at radius 2 is 2.18 bits per heavy atom. The van der Waals surface area contributed by atoms with E-state index in [1.54, 1.807) is 41.2 Å². The van der Waals surface area contributed by atoms with Crippen LogP contribution in [0.2, 0.25) is 0 Å². The molecular formula is C19H21N3O4S2. The first-order chi connectivity index (χ1) is 13.5. The van der Waals surface area contributed by atoms with Gasteiger partial charge in [-0.3, -0.25) is 9.59 Å². The Bertz CT molecular complexity index is 930. The fourth-order valence-corrected chi connectivity index (χ4v) is 5.85. The lowest BCUT2D eigenvalue weighted by Gasteiger charge is -2.22. The fourth-order valence-electron chi connectivity index (χ4n) is 3.62. The van der Waals surface area contributed by atoms with E-state index < -0.39 is 6.04 Å². The highest BCUT2D eigenvalue weighted by atomic mass is 32.2. The van der Waals surface area contributed by atoms with Gasteiger partial charge in [-0.1, -0.05) is 6.07 Å². The standard InChI is InChI=1S/C19H21N3O4S2/c1-10-8-27-14(21-10)6-7-20-17(23)12-9-28-19-11-4-5-13(25-2)16(26-3)15(11)18(24)22(12)19/h4-5,8,12,19H,6-7,9H2,1-3H3,(H,20,23)/t12-,19-/m0/s1. The van der Waals surface area contributed by atoms with Gasteiger partial charge >= 0.3 is 0 Å². The van der Waals surface area contributed by atoms with Gasteiger partial charge in [-0.25, -0.2) is 4.98 Å². The Balaban J connectivity index is 1.48. The maximum Gasteiger partial charge on any atom is 0.260 e. The molecule has 0 saturated carbocycles. The summed E-state index contributed by atoms with van der Waals surface area (Å²) in [5.41, 5.74) is 2.36. The van der Waals surface area contributed by atoms with Crippen molar-refractivity contribution in [3.05, 3.63) is 39.3 Å². The van der Waals surface area contributed by atoms with Gasteiger partial charge < -0.3 is 19.7 Å². The molecule has 1 saturated heterocycles. The minimum atomic E-state index is -0.497. The van der Waals surface area contributed by atoms with Crippen LogP contribution in [0.25, 0.3) is 0 Å². The van der Waals surface area contributed by atoms with Crippen molar-refractivity contribution in [2.45, 2.75) is 24.8 Å². The molecule has 0 aliphatic carbocycles. The summed E-state index contributed by atoms with van der Waals surface area (Å²) in [6.07, 6.45) is 0.687. The van der Waals surface area contributed by atoms with Gasteiger partial charge in [-0.2, -0.15) is 0 Å². The summed E-state index contributed by atoms with van der Waals surface area (Å²) < 4.78 is 10.8. The zero-order chi connectivity index (χ0) is 19.8. The highest BCUT2D eigenvalue weighted by Gasteiger charge is 2.50. The first-order valence-corrected chi connectivity index (χ1v) is 10.9. The summed E-state index contributed by atoms with van der Waals surface area (Å²) in [6.45, 7) is 2.46. The topological polar surface area (TPSA) is 80.8 Å². The molecule has 0 bridgehead atoms. The Kier molecular flexibility index (Phi) is 5.20. The average molecular weight is 420 g/mol. The minimum absolute atomic E-state index is 0.129. The molecule has 2 aliphatic rings. The van der Waals surface area contributed by atoms with Crippen molar-refractivity contribution in [3.8, 4) is 11.5 Å². The van der Waals surface area contributed by atoms with Gasteiger partial charge in [0.25, 0.3) is 5.91 Å². The maximum atomic E-state index is 13.1. The van der Waals surface area contributed by atoms with Crippen LogP contribution in [0, 0.1) is 6.92 Å². The lowest BCUT2D eigenvalue weighted by molar-refractivity contribution is -0.124. The number of aryl methyl sites for hydroxylation is 1. The molecule has 9 heteroatoms. The van der Waals surface area contributed by atoms with Crippen LogP contribution >= 0.6 is 23.1 Å². The Morgan fingerprint density at radius 3 is 2.86 bits per heavy atom. The molecule has 0 spiro atoms. The van der Waals surface area contributed by atoms with E-state index in [0.29, 0.717) is 35.8 Å². The van der Waals surface area contributed by atoms with E-state index >= 15 is 0 Å². The van der Waals surface area contributed by atoms with Crippen molar-refractivity contribution in [2.24, 2.45) is 0 Å². The number of rotatable bonds is 6. The number of nitrogens with zero attached hydrogens (tertiary/aromatic N) is 2. The van der Waals surface area contributed by atoms with Gasteiger partial charge in [0, 0.05) is 35.4 Å². The van der Waals surface area contributed by atoms with E-state index in [1.807, 2.05) is 18.4 Å². The predicted octanol–water partition coefficient (Wildman–Crippen LogP) is 2.40. The molecule has 1 aromatic carbocycles. The predicted molar refractivity (Wildman–Crippen MR) is 108 cm³/mol. The molecule has 2 amide bonds. The first kappa shape index (κ1) is 19.1. The molecule has 1 aromatic heterocycles. The van der Waals surface area contributed by atoms with Gasteiger partial charge in [0.2, 0.25) is 5.91 Å². The van der Waals surface area contributed by atoms with Crippen molar-refractivity contribution < 1.29 is 19.1 Å². The van der Waals surface area contributed by atoms with Crippen LogP contribution in [0.1, 0.15) is 32.0 Å². The molecule has 2 aliphatic heterocycles. The summed E-state index contributed by atoms with van der Waals surface area (Å²) in [4.78, 5) is 32.0. The summed E-state index contributed by atoms with van der Waals surface area (Å²) in [5.74, 6) is 1.21. The van der Waals surface area contributed by atoms with Crippen LogP contribution in [0.5, 0.6) is 11.5 Å². The third-order valence-corrected chi connectivity index (χ3v) is 7.23. The molecule has 3 heterocycles. The molecule has 1 fully saturated rings. The normalized spacial score (nSPS) is 20.1. The largest absolute Gasteiger partial charge is 0.493 e. The van der Waals surface area contributed by atoms with Crippen molar-refractivity contribution in [1.82, 2.24) is 15.2 Å². The van der Waals surface area contributed by atoms with Crippen molar-refractivity contribution in [1.29, 1.82) is 0 Å². The van der Waals surface area contributed by atoms with Crippen LogP contribution < -0.4 is 14.8 Å². The number of thiazole rings is 1. The van der Waals surface area contributed by atoms with Crippen LogP contribution in [0.3, 0.4) is 0 Å². The second-order valence-corrected chi connectivity index (χ2v) is 8.66. The maximum absolute atomic E-state index is 13.1. The van der Waals surface area contributed by atoms with Gasteiger partial charge in [0.05, 0.1) is 24.8 Å². The van der Waals surface area contributed by atoms with Crippen LogP contribution in [-0.4, -0.2) is 54.3 Å². The zero-order valence-corrected chi connectivity index (χ0v) is 17.5. The molecular weight excluding hydrogens is 398 g/mol. The number of carbonyl (C=O) groups is 2. The van der Waals surface area contributed by atoms with Crippen LogP contribution in [-0.2, 0) is 11.2 Å². The smallest absolute Gasteiger partial charge is 0.260 e. The second-order valence-electron chi connectivity index (χ2n) is 6.60. The number of nitrogens with one attached hydrogen (secondary N) is 1. The Labute approximate surface area is 171 Å². The summed E-state index contributed by atoms with van der Waals surface area (Å²) >= 11 is 3.19. The molecule has 0 unspecified atom stereocenters. The highest BCUT2D eigenvalue weighted by molar-refractivity contribution is 7.99. The van der Waals surface area contributed by atoms with E-state index in [0.717, 1.165) is 16.3 Å². The van der Waals surface area contributed by atoms with Crippen molar-refractivity contribution >= 4 is 34.9 Å². The zero-order valence-electron chi connectivity index (χ0n) is 15.9. The third-order valence-electron chi connectivity index (χ3n) is 4.90. The SMILES string of the molecule is COc1ccc2c(c1OC)C(=O)N1[C@H](C(=O)NCCc3nc(C)cs3)CS[C@@H]21. The first-order valence-electron chi connectivity index (χ1n) is 8.93. The van der Waals surface area contributed by atoms with Gasteiger partial charge in [-0.15, -0.1) is 23.1 Å². The minimum Gasteiger partial charge on any atom is -0.493 e. The van der Waals surface area contributed by atoms with Gasteiger partial charge in [0.1, 0.15) is 11.4 Å². The number of hydrogen-bond acceptors (Lipinski definition) is 7. The molecule has 0 radical (unpaired) electrons. The molecule has 148 valence electrons. The van der Waals surface area contributed by atoms with E-state index in [4.69, 9.17) is 9.47 Å². The summed E-state index contributed by atoms with van der Waals surface area (Å²) in [6, 6.07) is 3.19. The quantitative estimate of drug-likeness (QED) is 0.774. The lowest BCUT2D eigenvalue weighted by atomic mass is 10.1. The van der Waals surface area contributed by atoms with Crippen LogP contribution in [0.15, 0.2) is 17.5 Å². The number of benzene rings is 1. The number of fused-ring (bicyclic) bond motifs is 3. The Morgan fingerprint density at radius 1 is 1.36 bits per heavy atom. The molecule has 28 heavy (non-hydrogen) atoms. The molecule has 1 N–H and O–H groups in total. The van der Waals surface area contributed by atoms with Gasteiger partial charge in [0.15, 0.2) is 11.5 Å². The number of aromatic nitrogens is 1. The number of ether oxygens (including phenoxy) is 2. The highest BCUT2D eigenvalue weighted by Crippen LogP contribution is 2.52. The molecule has 4 rings (SSSR count). The van der Waals surface area contributed by atoms with E-state index in [9.17, 15) is 9.59 Å². The summed E-state index contributed by atoms with van der Waals surface area (Å²) in [5, 5.41) is 5.79. The van der Waals surface area contributed by atoms with E-state index in [2.05, 4.69) is 10.3 Å². The third kappa shape index (κ3) is 3.12. The number of amides is 2. The second kappa shape index (κ2) is 7.63. The fraction of sp³-hybridized carbons (Fsp3) is 0.421. The average Bonchev–Trinajstić information content (AvgIpc) is 3.38. The Hall–Kier alpha value is -2.26. The van der Waals surface area contributed by atoms with Crippen molar-refractivity contribution in [3.63, 3.8) is 0 Å². The monoisotopic (exact) mass is 419 g/mol. The molecule has 2 aromatic rings. The lowest BCUT2D eigenvalue weighted by Crippen LogP contribution is -2.46. The number of hydrogen-bond donors (Lipinski definition) is 1. The van der Waals surface area contributed by atoms with E-state index in [1.165, 1.54) is 7.11 Å². The number of thioether (sulfide) groups is 1. The molecule has 2 atom stereocenters.